The van der Waals surface area contributed by atoms with Crippen LogP contribution in [0.2, 0.25) is 0 Å². The van der Waals surface area contributed by atoms with E-state index in [4.69, 9.17) is 4.74 Å². The van der Waals surface area contributed by atoms with Gasteiger partial charge in [-0.05, 0) is 61.9 Å². The lowest BCUT2D eigenvalue weighted by Gasteiger charge is -2.34. The Hall–Kier alpha value is -0.730. The number of hydrogen-bond donors (Lipinski definition) is 0. The molecule has 2 nitrogen and oxygen atoms in total. The molecule has 3 heteroatoms. The molecule has 0 unspecified atom stereocenters. The SMILES string of the molecule is COc1cccc2c1CC[C@@H]1[C@H]2CCN1CCC1CCCC1.Cl. The third-order valence-corrected chi connectivity index (χ3v) is 6.44. The fraction of sp³-hybridized carbons (Fsp3) is 0.700. The minimum absolute atomic E-state index is 0. The summed E-state index contributed by atoms with van der Waals surface area (Å²) >= 11 is 0. The van der Waals surface area contributed by atoms with Crippen molar-refractivity contribution in [1.82, 2.24) is 4.90 Å². The standard InChI is InChI=1S/C20H29NO.ClH/c1-22-20-8-4-7-16-17-12-14-21(19(17)10-9-18(16)20)13-11-15-5-2-3-6-15;/h4,7-8,15,17,19H,2-3,5-6,9-14H2,1H3;1H/t17-,19+;/m0./s1. The summed E-state index contributed by atoms with van der Waals surface area (Å²) in [7, 11) is 1.81. The lowest BCUT2D eigenvalue weighted by molar-refractivity contribution is 0.210. The molecular formula is C20H30ClNO. The minimum atomic E-state index is 0. The Bertz CT molecular complexity index is 526. The predicted molar refractivity (Wildman–Crippen MR) is 97.9 cm³/mol. The summed E-state index contributed by atoms with van der Waals surface area (Å²) in [6.07, 6.45) is 11.2. The number of nitrogens with zero attached hydrogens (tertiary/aromatic N) is 1. The molecule has 2 fully saturated rings. The molecule has 1 aliphatic heterocycles. The van der Waals surface area contributed by atoms with Crippen molar-refractivity contribution in [3.63, 3.8) is 0 Å². The zero-order chi connectivity index (χ0) is 14.9. The monoisotopic (exact) mass is 335 g/mol. The quantitative estimate of drug-likeness (QED) is 0.783. The lowest BCUT2D eigenvalue weighted by atomic mass is 9.79. The van der Waals surface area contributed by atoms with Crippen molar-refractivity contribution in [1.29, 1.82) is 0 Å². The number of halogens is 1. The van der Waals surface area contributed by atoms with Crippen LogP contribution in [0.25, 0.3) is 0 Å². The summed E-state index contributed by atoms with van der Waals surface area (Å²) in [5.74, 6) is 2.89. The zero-order valence-electron chi connectivity index (χ0n) is 14.3. The second-order valence-corrected chi connectivity index (χ2v) is 7.50. The molecule has 2 atom stereocenters. The Morgan fingerprint density at radius 2 is 1.96 bits per heavy atom. The van der Waals surface area contributed by atoms with Crippen molar-refractivity contribution in [3.05, 3.63) is 29.3 Å². The summed E-state index contributed by atoms with van der Waals surface area (Å²) in [4.78, 5) is 2.81. The first kappa shape index (κ1) is 17.1. The number of ether oxygens (including phenoxy) is 1. The molecule has 1 aromatic carbocycles. The summed E-state index contributed by atoms with van der Waals surface area (Å²) in [5.41, 5.74) is 3.07. The van der Waals surface area contributed by atoms with Crippen LogP contribution in [0.5, 0.6) is 5.75 Å². The smallest absolute Gasteiger partial charge is 0.122 e. The summed E-state index contributed by atoms with van der Waals surface area (Å²) in [6.45, 7) is 2.64. The molecule has 0 spiro atoms. The maximum Gasteiger partial charge on any atom is 0.122 e. The van der Waals surface area contributed by atoms with Gasteiger partial charge in [0.1, 0.15) is 5.75 Å². The lowest BCUT2D eigenvalue weighted by Crippen LogP contribution is -2.36. The van der Waals surface area contributed by atoms with Gasteiger partial charge in [0.25, 0.3) is 0 Å². The van der Waals surface area contributed by atoms with Gasteiger partial charge in [-0.1, -0.05) is 37.8 Å². The maximum absolute atomic E-state index is 5.59. The van der Waals surface area contributed by atoms with Crippen LogP contribution >= 0.6 is 12.4 Å². The first-order valence-corrected chi connectivity index (χ1v) is 9.26. The largest absolute Gasteiger partial charge is 0.496 e. The van der Waals surface area contributed by atoms with E-state index < -0.39 is 0 Å². The van der Waals surface area contributed by atoms with Gasteiger partial charge in [0.2, 0.25) is 0 Å². The van der Waals surface area contributed by atoms with Crippen molar-refractivity contribution >= 4 is 12.4 Å². The number of hydrogen-bond acceptors (Lipinski definition) is 2. The number of rotatable bonds is 4. The molecule has 1 aromatic rings. The molecule has 0 aromatic heterocycles. The average Bonchev–Trinajstić information content (AvgIpc) is 3.21. The highest BCUT2D eigenvalue weighted by atomic mass is 35.5. The van der Waals surface area contributed by atoms with E-state index in [0.29, 0.717) is 0 Å². The molecule has 23 heavy (non-hydrogen) atoms. The molecule has 1 saturated heterocycles. The van der Waals surface area contributed by atoms with E-state index in [1.54, 1.807) is 5.56 Å². The van der Waals surface area contributed by atoms with Gasteiger partial charge >= 0.3 is 0 Å². The highest BCUT2D eigenvalue weighted by Crippen LogP contribution is 2.44. The molecule has 1 heterocycles. The van der Waals surface area contributed by atoms with Gasteiger partial charge in [-0.3, -0.25) is 4.90 Å². The second kappa shape index (κ2) is 7.44. The predicted octanol–water partition coefficient (Wildman–Crippen LogP) is 4.80. The average molecular weight is 336 g/mol. The van der Waals surface area contributed by atoms with Gasteiger partial charge in [-0.2, -0.15) is 0 Å². The molecule has 0 amide bonds. The fourth-order valence-corrected chi connectivity index (χ4v) is 5.27. The van der Waals surface area contributed by atoms with Gasteiger partial charge in [-0.15, -0.1) is 12.4 Å². The molecule has 1 saturated carbocycles. The van der Waals surface area contributed by atoms with Gasteiger partial charge in [0.05, 0.1) is 7.11 Å². The Morgan fingerprint density at radius 1 is 1.13 bits per heavy atom. The van der Waals surface area contributed by atoms with E-state index >= 15 is 0 Å². The maximum atomic E-state index is 5.59. The van der Waals surface area contributed by atoms with Gasteiger partial charge in [-0.25, -0.2) is 0 Å². The first-order chi connectivity index (χ1) is 10.9. The number of benzene rings is 1. The number of likely N-dealkylation sites (tertiary alicyclic amines) is 1. The van der Waals surface area contributed by atoms with Crippen LogP contribution in [0, 0.1) is 5.92 Å². The number of fused-ring (bicyclic) bond motifs is 3. The summed E-state index contributed by atoms with van der Waals surface area (Å²) in [5, 5.41) is 0. The van der Waals surface area contributed by atoms with Gasteiger partial charge < -0.3 is 4.74 Å². The Morgan fingerprint density at radius 3 is 2.74 bits per heavy atom. The van der Waals surface area contributed by atoms with Crippen LogP contribution in [0.3, 0.4) is 0 Å². The van der Waals surface area contributed by atoms with Crippen molar-refractivity contribution in [3.8, 4) is 5.75 Å². The Labute approximate surface area is 147 Å². The van der Waals surface area contributed by atoms with E-state index in [2.05, 4.69) is 23.1 Å². The third kappa shape index (κ3) is 3.25. The van der Waals surface area contributed by atoms with Crippen molar-refractivity contribution in [2.45, 2.75) is 63.3 Å². The van der Waals surface area contributed by atoms with Crippen LogP contribution in [-0.2, 0) is 6.42 Å². The van der Waals surface area contributed by atoms with Crippen molar-refractivity contribution in [2.75, 3.05) is 20.2 Å². The van der Waals surface area contributed by atoms with Crippen LogP contribution < -0.4 is 4.74 Å². The second-order valence-electron chi connectivity index (χ2n) is 7.50. The molecule has 2 aliphatic carbocycles. The molecule has 0 radical (unpaired) electrons. The zero-order valence-corrected chi connectivity index (χ0v) is 15.1. The van der Waals surface area contributed by atoms with E-state index in [-0.39, 0.29) is 12.4 Å². The summed E-state index contributed by atoms with van der Waals surface area (Å²) < 4.78 is 5.59. The normalized spacial score (nSPS) is 27.3. The third-order valence-electron chi connectivity index (χ3n) is 6.44. The topological polar surface area (TPSA) is 12.5 Å². The van der Waals surface area contributed by atoms with Crippen molar-refractivity contribution in [2.24, 2.45) is 5.92 Å². The highest BCUT2D eigenvalue weighted by Gasteiger charge is 2.39. The molecule has 4 rings (SSSR count). The molecule has 3 aliphatic rings. The minimum Gasteiger partial charge on any atom is -0.496 e. The first-order valence-electron chi connectivity index (χ1n) is 9.26. The van der Waals surface area contributed by atoms with E-state index in [9.17, 15) is 0 Å². The fourth-order valence-electron chi connectivity index (χ4n) is 5.27. The molecule has 0 bridgehead atoms. The molecule has 0 N–H and O–H groups in total. The van der Waals surface area contributed by atoms with Crippen LogP contribution in [0.4, 0.5) is 0 Å². The highest BCUT2D eigenvalue weighted by molar-refractivity contribution is 5.85. The Balaban J connectivity index is 0.00000156. The van der Waals surface area contributed by atoms with Crippen LogP contribution in [-0.4, -0.2) is 31.1 Å². The summed E-state index contributed by atoms with van der Waals surface area (Å²) in [6, 6.07) is 7.46. The Kier molecular flexibility index (Phi) is 5.53. The molecule has 128 valence electrons. The van der Waals surface area contributed by atoms with Gasteiger partial charge in [0.15, 0.2) is 0 Å². The number of methoxy groups -OCH3 is 1. The van der Waals surface area contributed by atoms with E-state index in [1.165, 1.54) is 70.0 Å². The van der Waals surface area contributed by atoms with Crippen LogP contribution in [0.15, 0.2) is 18.2 Å². The molecular weight excluding hydrogens is 306 g/mol. The van der Waals surface area contributed by atoms with Gasteiger partial charge in [0, 0.05) is 12.0 Å². The van der Waals surface area contributed by atoms with Crippen molar-refractivity contribution < 1.29 is 4.74 Å². The van der Waals surface area contributed by atoms with E-state index in [0.717, 1.165) is 23.6 Å². The van der Waals surface area contributed by atoms with Crippen LogP contribution in [0.1, 0.15) is 62.0 Å². The van der Waals surface area contributed by atoms with E-state index in [1.807, 2.05) is 7.11 Å².